The molecule has 20 heavy (non-hydrogen) atoms. The second-order valence-electron chi connectivity index (χ2n) is 4.85. The van der Waals surface area contributed by atoms with E-state index in [0.717, 1.165) is 5.82 Å². The summed E-state index contributed by atoms with van der Waals surface area (Å²) in [5.74, 6) is 1.46. The van der Waals surface area contributed by atoms with Crippen molar-refractivity contribution in [3.05, 3.63) is 18.0 Å². The third-order valence-corrected chi connectivity index (χ3v) is 4.63. The highest BCUT2D eigenvalue weighted by Gasteiger charge is 2.24. The maximum Gasteiger partial charge on any atom is 0.211 e. The van der Waals surface area contributed by atoms with E-state index in [1.165, 1.54) is 15.2 Å². The molecule has 9 heteroatoms. The molecule has 2 aromatic rings. The molecule has 1 aliphatic heterocycles. The minimum absolute atomic E-state index is 0.481. The summed E-state index contributed by atoms with van der Waals surface area (Å²) in [5, 5.41) is 8.59. The molecule has 0 bridgehead atoms. The molecule has 0 radical (unpaired) electrons. The summed E-state index contributed by atoms with van der Waals surface area (Å²) in [5.41, 5.74) is 0.709. The van der Waals surface area contributed by atoms with E-state index in [1.807, 2.05) is 19.1 Å². The van der Waals surface area contributed by atoms with Crippen molar-refractivity contribution in [1.29, 1.82) is 0 Å². The Morgan fingerprint density at radius 1 is 1.10 bits per heavy atom. The van der Waals surface area contributed by atoms with E-state index in [2.05, 4.69) is 20.1 Å². The summed E-state index contributed by atoms with van der Waals surface area (Å²) < 4.78 is 25.9. The molecule has 0 aromatic carbocycles. The third kappa shape index (κ3) is 2.46. The molecule has 1 saturated heterocycles. The average molecular weight is 296 g/mol. The molecule has 1 fully saturated rings. The van der Waals surface area contributed by atoms with Gasteiger partial charge in [0.05, 0.1) is 6.26 Å². The Hall–Kier alpha value is -1.74. The van der Waals surface area contributed by atoms with E-state index in [4.69, 9.17) is 0 Å². The molecule has 0 atom stereocenters. The van der Waals surface area contributed by atoms with Crippen LogP contribution >= 0.6 is 0 Å². The first-order valence-electron chi connectivity index (χ1n) is 6.34. The van der Waals surface area contributed by atoms with E-state index in [-0.39, 0.29) is 0 Å². The Kier molecular flexibility index (Phi) is 3.09. The van der Waals surface area contributed by atoms with E-state index < -0.39 is 10.0 Å². The van der Waals surface area contributed by atoms with Crippen molar-refractivity contribution in [3.8, 4) is 0 Å². The minimum Gasteiger partial charge on any atom is -0.352 e. The van der Waals surface area contributed by atoms with Crippen LogP contribution in [0.4, 0.5) is 5.82 Å². The van der Waals surface area contributed by atoms with Crippen LogP contribution in [0.5, 0.6) is 0 Å². The number of nitrogens with zero attached hydrogens (tertiary/aromatic N) is 6. The first-order valence-corrected chi connectivity index (χ1v) is 8.19. The van der Waals surface area contributed by atoms with E-state index in [9.17, 15) is 8.42 Å². The highest BCUT2D eigenvalue weighted by Crippen LogP contribution is 2.15. The summed E-state index contributed by atoms with van der Waals surface area (Å²) in [7, 11) is -3.10. The van der Waals surface area contributed by atoms with Crippen molar-refractivity contribution in [2.75, 3.05) is 37.3 Å². The van der Waals surface area contributed by atoms with Crippen LogP contribution in [0.1, 0.15) is 5.82 Å². The maximum absolute atomic E-state index is 11.5. The number of rotatable bonds is 2. The van der Waals surface area contributed by atoms with Crippen LogP contribution in [0.2, 0.25) is 0 Å². The number of fused-ring (bicyclic) bond motifs is 1. The van der Waals surface area contributed by atoms with Crippen LogP contribution in [0.3, 0.4) is 0 Å². The molecule has 8 nitrogen and oxygen atoms in total. The zero-order valence-corrected chi connectivity index (χ0v) is 12.2. The number of piperazine rings is 1. The normalized spacial score (nSPS) is 17.8. The lowest BCUT2D eigenvalue weighted by molar-refractivity contribution is 0.386. The average Bonchev–Trinajstić information content (AvgIpc) is 2.77. The topological polar surface area (TPSA) is 83.7 Å². The molecule has 0 aliphatic carbocycles. The summed E-state index contributed by atoms with van der Waals surface area (Å²) in [6, 6.07) is 3.75. The fourth-order valence-corrected chi connectivity index (χ4v) is 3.12. The predicted molar refractivity (Wildman–Crippen MR) is 74.1 cm³/mol. The Bertz CT molecular complexity index is 732. The summed E-state index contributed by atoms with van der Waals surface area (Å²) >= 11 is 0. The summed E-state index contributed by atoms with van der Waals surface area (Å²) in [4.78, 5) is 6.28. The number of hydrogen-bond donors (Lipinski definition) is 0. The van der Waals surface area contributed by atoms with Crippen molar-refractivity contribution < 1.29 is 8.42 Å². The molecule has 2 aromatic heterocycles. The fraction of sp³-hybridized carbons (Fsp3) is 0.545. The quantitative estimate of drug-likeness (QED) is 0.744. The van der Waals surface area contributed by atoms with Crippen LogP contribution in [0.25, 0.3) is 5.65 Å². The van der Waals surface area contributed by atoms with E-state index >= 15 is 0 Å². The van der Waals surface area contributed by atoms with Crippen LogP contribution < -0.4 is 4.90 Å². The largest absolute Gasteiger partial charge is 0.352 e. The van der Waals surface area contributed by atoms with Gasteiger partial charge in [0.2, 0.25) is 10.0 Å². The monoisotopic (exact) mass is 296 g/mol. The van der Waals surface area contributed by atoms with Gasteiger partial charge < -0.3 is 4.90 Å². The second-order valence-corrected chi connectivity index (χ2v) is 6.83. The molecular formula is C11H16N6O2S. The Labute approximate surface area is 117 Å². The van der Waals surface area contributed by atoms with Crippen molar-refractivity contribution in [2.45, 2.75) is 6.92 Å². The number of anilines is 1. The van der Waals surface area contributed by atoms with Gasteiger partial charge in [-0.25, -0.2) is 13.4 Å². The first-order chi connectivity index (χ1) is 9.43. The van der Waals surface area contributed by atoms with Gasteiger partial charge in [-0.2, -0.15) is 4.31 Å². The lowest BCUT2D eigenvalue weighted by Gasteiger charge is -2.33. The molecule has 0 spiro atoms. The molecule has 3 rings (SSSR count). The van der Waals surface area contributed by atoms with Gasteiger partial charge in [-0.15, -0.1) is 14.8 Å². The first kappa shape index (κ1) is 13.3. The molecule has 1 aliphatic rings. The van der Waals surface area contributed by atoms with E-state index in [0.29, 0.717) is 37.7 Å². The molecule has 0 N–H and O–H groups in total. The number of aryl methyl sites for hydroxylation is 1. The van der Waals surface area contributed by atoms with Crippen LogP contribution in [0.15, 0.2) is 12.1 Å². The van der Waals surface area contributed by atoms with Crippen LogP contribution in [-0.4, -0.2) is 65.0 Å². The van der Waals surface area contributed by atoms with Gasteiger partial charge >= 0.3 is 0 Å². The number of sulfonamides is 1. The van der Waals surface area contributed by atoms with Gasteiger partial charge in [0.15, 0.2) is 11.5 Å². The summed E-state index contributed by atoms with van der Waals surface area (Å²) in [6.45, 7) is 4.03. The van der Waals surface area contributed by atoms with Crippen molar-refractivity contribution in [1.82, 2.24) is 24.1 Å². The van der Waals surface area contributed by atoms with Gasteiger partial charge in [0.1, 0.15) is 5.82 Å². The maximum atomic E-state index is 11.5. The SMILES string of the molecule is Cc1nc2ccc(N3CCN(S(C)(=O)=O)CC3)nn2n1. The molecule has 3 heterocycles. The fourth-order valence-electron chi connectivity index (χ4n) is 2.30. The van der Waals surface area contributed by atoms with Crippen LogP contribution in [-0.2, 0) is 10.0 Å². The second kappa shape index (κ2) is 4.67. The van der Waals surface area contributed by atoms with Gasteiger partial charge in [0.25, 0.3) is 0 Å². The third-order valence-electron chi connectivity index (χ3n) is 3.33. The van der Waals surface area contributed by atoms with E-state index in [1.54, 1.807) is 0 Å². The Morgan fingerprint density at radius 2 is 1.80 bits per heavy atom. The number of aromatic nitrogens is 4. The standard InChI is InChI=1S/C11H16N6O2S/c1-9-12-10-3-4-11(14-17(10)13-9)15-5-7-16(8-6-15)20(2,18)19/h3-4H,5-8H2,1-2H3. The number of hydrogen-bond acceptors (Lipinski definition) is 6. The van der Waals surface area contributed by atoms with Gasteiger partial charge in [0, 0.05) is 26.2 Å². The smallest absolute Gasteiger partial charge is 0.211 e. The van der Waals surface area contributed by atoms with Gasteiger partial charge in [-0.3, -0.25) is 0 Å². The summed E-state index contributed by atoms with van der Waals surface area (Å²) in [6.07, 6.45) is 1.24. The van der Waals surface area contributed by atoms with Crippen molar-refractivity contribution in [3.63, 3.8) is 0 Å². The van der Waals surface area contributed by atoms with Crippen LogP contribution in [0, 0.1) is 6.92 Å². The minimum atomic E-state index is -3.10. The van der Waals surface area contributed by atoms with Crippen molar-refractivity contribution in [2.24, 2.45) is 0 Å². The highest BCUT2D eigenvalue weighted by atomic mass is 32.2. The molecule has 0 saturated carbocycles. The lowest BCUT2D eigenvalue weighted by Crippen LogP contribution is -2.48. The lowest BCUT2D eigenvalue weighted by atomic mass is 10.3. The molecular weight excluding hydrogens is 280 g/mol. The zero-order chi connectivity index (χ0) is 14.3. The molecule has 0 amide bonds. The van der Waals surface area contributed by atoms with Gasteiger partial charge in [-0.1, -0.05) is 0 Å². The predicted octanol–water partition coefficient (Wildman–Crippen LogP) is -0.486. The van der Waals surface area contributed by atoms with Gasteiger partial charge in [-0.05, 0) is 19.1 Å². The highest BCUT2D eigenvalue weighted by molar-refractivity contribution is 7.88. The Morgan fingerprint density at radius 3 is 2.45 bits per heavy atom. The Balaban J connectivity index is 1.79. The molecule has 0 unspecified atom stereocenters. The molecule has 108 valence electrons. The zero-order valence-electron chi connectivity index (χ0n) is 11.4. The van der Waals surface area contributed by atoms with Crippen molar-refractivity contribution >= 4 is 21.5 Å².